The maximum atomic E-state index is 13.1. The summed E-state index contributed by atoms with van der Waals surface area (Å²) in [6.45, 7) is 3.89. The Hall–Kier alpha value is -3.46. The average Bonchev–Trinajstić information content (AvgIpc) is 3.27. The van der Waals surface area contributed by atoms with Crippen molar-refractivity contribution in [3.63, 3.8) is 0 Å². The van der Waals surface area contributed by atoms with E-state index in [1.165, 1.54) is 12.1 Å². The number of ether oxygens (including phenoxy) is 1. The number of carbonyl (C=O) groups is 3. The lowest BCUT2D eigenvalue weighted by Gasteiger charge is -2.20. The van der Waals surface area contributed by atoms with Gasteiger partial charge >= 0.3 is 0 Å². The second kappa shape index (κ2) is 8.58. The van der Waals surface area contributed by atoms with E-state index in [1.807, 2.05) is 12.1 Å². The van der Waals surface area contributed by atoms with E-state index in [1.54, 1.807) is 30.3 Å². The molecule has 2 aliphatic heterocycles. The molecule has 10 heteroatoms. The van der Waals surface area contributed by atoms with Crippen LogP contribution in [0.5, 0.6) is 5.75 Å². The summed E-state index contributed by atoms with van der Waals surface area (Å²) in [6.07, 6.45) is 0. The van der Waals surface area contributed by atoms with E-state index in [0.29, 0.717) is 28.1 Å². The maximum absolute atomic E-state index is 13.1. The molecule has 2 aromatic carbocycles. The smallest absolute Gasteiger partial charge is 0.263 e. The third kappa shape index (κ3) is 3.91. The van der Waals surface area contributed by atoms with Gasteiger partial charge in [0.1, 0.15) is 12.3 Å². The molecule has 0 radical (unpaired) electrons. The molecule has 32 heavy (non-hydrogen) atoms. The number of imide groups is 1. The Kier molecular flexibility index (Phi) is 5.84. The predicted octanol–water partition coefficient (Wildman–Crippen LogP) is 3.40. The summed E-state index contributed by atoms with van der Waals surface area (Å²) < 4.78 is 5.09. The number of anilines is 2. The standard InChI is InChI=1S/C22H22ClN5O4/c1-12(2)13-4-7-15(8-5-13)28-21(30)19-20(22(28)31)27(26-25-19)11-18(29)24-14-6-9-17(32-3)16(23)10-14/h4-10,12,19-20H,11H2,1-3H3,(H,24,29)/t19-,20+/m1/s1. The highest BCUT2D eigenvalue weighted by molar-refractivity contribution is 6.32. The number of benzene rings is 2. The van der Waals surface area contributed by atoms with Gasteiger partial charge in [-0.1, -0.05) is 42.8 Å². The number of nitrogens with zero attached hydrogens (tertiary/aromatic N) is 4. The van der Waals surface area contributed by atoms with E-state index < -0.39 is 29.8 Å². The summed E-state index contributed by atoms with van der Waals surface area (Å²) in [4.78, 5) is 39.5. The van der Waals surface area contributed by atoms with Gasteiger partial charge in [0.25, 0.3) is 11.8 Å². The molecule has 1 saturated heterocycles. The zero-order valence-electron chi connectivity index (χ0n) is 17.8. The number of nitrogens with one attached hydrogen (secondary N) is 1. The summed E-state index contributed by atoms with van der Waals surface area (Å²) in [5.74, 6) is -0.520. The summed E-state index contributed by atoms with van der Waals surface area (Å²) in [7, 11) is 1.50. The van der Waals surface area contributed by atoms with Gasteiger partial charge in [-0.2, -0.15) is 5.11 Å². The fourth-order valence-corrected chi connectivity index (χ4v) is 3.97. The Bertz CT molecular complexity index is 1100. The van der Waals surface area contributed by atoms with Crippen molar-refractivity contribution in [2.75, 3.05) is 23.9 Å². The van der Waals surface area contributed by atoms with Crippen LogP contribution in [0.2, 0.25) is 5.02 Å². The predicted molar refractivity (Wildman–Crippen MR) is 119 cm³/mol. The molecule has 3 amide bonds. The molecule has 0 bridgehead atoms. The second-order valence-corrected chi connectivity index (χ2v) is 8.25. The summed E-state index contributed by atoms with van der Waals surface area (Å²) in [6, 6.07) is 10.2. The van der Waals surface area contributed by atoms with Crippen molar-refractivity contribution in [1.29, 1.82) is 0 Å². The third-order valence-corrected chi connectivity index (χ3v) is 5.71. The highest BCUT2D eigenvalue weighted by atomic mass is 35.5. The minimum absolute atomic E-state index is 0.243. The second-order valence-electron chi connectivity index (χ2n) is 7.85. The molecule has 0 saturated carbocycles. The highest BCUT2D eigenvalue weighted by Gasteiger charge is 2.55. The highest BCUT2D eigenvalue weighted by Crippen LogP contribution is 2.32. The molecule has 0 spiro atoms. The van der Waals surface area contributed by atoms with Crippen LogP contribution in [0.4, 0.5) is 11.4 Å². The van der Waals surface area contributed by atoms with Gasteiger partial charge in [0.15, 0.2) is 12.1 Å². The minimum Gasteiger partial charge on any atom is -0.495 e. The number of rotatable bonds is 6. The summed E-state index contributed by atoms with van der Waals surface area (Å²) >= 11 is 6.08. The molecule has 0 aliphatic carbocycles. The normalized spacial score (nSPS) is 19.7. The Morgan fingerprint density at radius 2 is 1.88 bits per heavy atom. The van der Waals surface area contributed by atoms with E-state index in [0.717, 1.165) is 10.5 Å². The number of carbonyl (C=O) groups excluding carboxylic acids is 3. The van der Waals surface area contributed by atoms with Gasteiger partial charge in [0, 0.05) is 5.69 Å². The van der Waals surface area contributed by atoms with Gasteiger partial charge in [-0.25, -0.2) is 4.90 Å². The first-order chi connectivity index (χ1) is 15.3. The molecule has 1 N–H and O–H groups in total. The van der Waals surface area contributed by atoms with E-state index in [-0.39, 0.29) is 6.54 Å². The van der Waals surface area contributed by atoms with Gasteiger partial charge in [0.05, 0.1) is 17.8 Å². The van der Waals surface area contributed by atoms with E-state index >= 15 is 0 Å². The Morgan fingerprint density at radius 3 is 2.50 bits per heavy atom. The SMILES string of the molecule is COc1ccc(NC(=O)CN2N=N[C@H]3C(=O)N(c4ccc(C(C)C)cc4)C(=O)[C@H]32)cc1Cl. The Morgan fingerprint density at radius 1 is 1.16 bits per heavy atom. The Balaban J connectivity index is 1.46. The average molecular weight is 456 g/mol. The molecule has 2 aliphatic rings. The van der Waals surface area contributed by atoms with Crippen molar-refractivity contribution in [2.24, 2.45) is 10.3 Å². The lowest BCUT2D eigenvalue weighted by Crippen LogP contribution is -2.43. The van der Waals surface area contributed by atoms with Crippen molar-refractivity contribution < 1.29 is 19.1 Å². The molecule has 166 valence electrons. The quantitative estimate of drug-likeness (QED) is 0.672. The molecule has 1 fully saturated rings. The lowest BCUT2D eigenvalue weighted by molar-refractivity contribution is -0.123. The van der Waals surface area contributed by atoms with Crippen molar-refractivity contribution in [3.05, 3.63) is 53.1 Å². The molecule has 0 unspecified atom stereocenters. The minimum atomic E-state index is -0.962. The molecule has 2 heterocycles. The number of methoxy groups -OCH3 is 1. The number of amides is 3. The first kappa shape index (κ1) is 21.8. The van der Waals surface area contributed by atoms with Crippen LogP contribution in [0, 0.1) is 0 Å². The molecule has 9 nitrogen and oxygen atoms in total. The maximum Gasteiger partial charge on any atom is 0.263 e. The zero-order valence-corrected chi connectivity index (χ0v) is 18.5. The number of hydrogen-bond donors (Lipinski definition) is 1. The van der Waals surface area contributed by atoms with Crippen LogP contribution < -0.4 is 15.0 Å². The molecular weight excluding hydrogens is 434 g/mol. The fraction of sp³-hybridized carbons (Fsp3) is 0.318. The van der Waals surface area contributed by atoms with Gasteiger partial charge in [0.2, 0.25) is 5.91 Å². The molecule has 0 aromatic heterocycles. The van der Waals surface area contributed by atoms with Crippen LogP contribution in [-0.4, -0.2) is 48.5 Å². The van der Waals surface area contributed by atoms with E-state index in [4.69, 9.17) is 16.3 Å². The first-order valence-electron chi connectivity index (χ1n) is 10.1. The molecular formula is C22H22ClN5O4. The van der Waals surface area contributed by atoms with E-state index in [2.05, 4.69) is 29.5 Å². The molecule has 4 rings (SSSR count). The van der Waals surface area contributed by atoms with E-state index in [9.17, 15) is 14.4 Å². The number of fused-ring (bicyclic) bond motifs is 1. The largest absolute Gasteiger partial charge is 0.495 e. The van der Waals surface area contributed by atoms with Crippen molar-refractivity contribution in [1.82, 2.24) is 5.01 Å². The van der Waals surface area contributed by atoms with Crippen LogP contribution >= 0.6 is 11.6 Å². The van der Waals surface area contributed by atoms with Crippen LogP contribution in [0.3, 0.4) is 0 Å². The van der Waals surface area contributed by atoms with Crippen LogP contribution in [0.1, 0.15) is 25.3 Å². The zero-order chi connectivity index (χ0) is 23.0. The first-order valence-corrected chi connectivity index (χ1v) is 10.5. The van der Waals surface area contributed by atoms with Gasteiger partial charge < -0.3 is 10.1 Å². The van der Waals surface area contributed by atoms with Crippen molar-refractivity contribution in [3.8, 4) is 5.75 Å². The number of hydrogen-bond acceptors (Lipinski definition) is 7. The van der Waals surface area contributed by atoms with Gasteiger partial charge in [-0.15, -0.1) is 0 Å². The monoisotopic (exact) mass is 455 g/mol. The molecule has 2 atom stereocenters. The Labute approximate surface area is 190 Å². The fourth-order valence-electron chi connectivity index (χ4n) is 3.71. The summed E-state index contributed by atoms with van der Waals surface area (Å²) in [5.41, 5.74) is 2.05. The van der Waals surface area contributed by atoms with Crippen molar-refractivity contribution in [2.45, 2.75) is 31.8 Å². The molecule has 2 aromatic rings. The van der Waals surface area contributed by atoms with Gasteiger partial charge in [-0.3, -0.25) is 19.4 Å². The van der Waals surface area contributed by atoms with Crippen LogP contribution in [0.15, 0.2) is 52.8 Å². The van der Waals surface area contributed by atoms with Crippen molar-refractivity contribution >= 4 is 40.7 Å². The number of halogens is 1. The van der Waals surface area contributed by atoms with Crippen LogP contribution in [-0.2, 0) is 14.4 Å². The van der Waals surface area contributed by atoms with Crippen LogP contribution in [0.25, 0.3) is 0 Å². The van der Waals surface area contributed by atoms with Gasteiger partial charge in [-0.05, 0) is 41.8 Å². The topological polar surface area (TPSA) is 104 Å². The third-order valence-electron chi connectivity index (χ3n) is 5.42. The lowest BCUT2D eigenvalue weighted by atomic mass is 10.0. The summed E-state index contributed by atoms with van der Waals surface area (Å²) in [5, 5.41) is 12.1.